The summed E-state index contributed by atoms with van der Waals surface area (Å²) in [6.45, 7) is 5.47. The topological polar surface area (TPSA) is 76.6 Å². The van der Waals surface area contributed by atoms with E-state index in [0.717, 1.165) is 13.1 Å². The van der Waals surface area contributed by atoms with E-state index in [9.17, 15) is 4.79 Å². The van der Waals surface area contributed by atoms with Crippen molar-refractivity contribution in [2.24, 2.45) is 0 Å². The first-order chi connectivity index (χ1) is 15.2. The molecule has 1 atom stereocenters. The van der Waals surface area contributed by atoms with Crippen molar-refractivity contribution in [1.29, 1.82) is 0 Å². The molecule has 0 spiro atoms. The number of benzene rings is 2. The van der Waals surface area contributed by atoms with Gasteiger partial charge in [0.25, 0.3) is 11.8 Å². The largest absolute Gasteiger partial charge is 0.436 e. The van der Waals surface area contributed by atoms with E-state index in [-0.39, 0.29) is 11.8 Å². The van der Waals surface area contributed by atoms with Crippen LogP contribution in [-0.4, -0.2) is 48.7 Å². The summed E-state index contributed by atoms with van der Waals surface area (Å²) in [4.78, 5) is 23.4. The van der Waals surface area contributed by atoms with E-state index in [1.54, 1.807) is 36.7 Å². The summed E-state index contributed by atoms with van der Waals surface area (Å²) in [5.41, 5.74) is 1.78. The molecule has 2 heterocycles. The molecule has 1 aliphatic heterocycles. The molecule has 7 heteroatoms. The number of carbonyl (C=O) groups is 1. The van der Waals surface area contributed by atoms with E-state index in [0.29, 0.717) is 42.8 Å². The minimum absolute atomic E-state index is 0.108. The number of amides is 1. The van der Waals surface area contributed by atoms with Crippen LogP contribution in [0.5, 0.6) is 11.6 Å². The normalized spacial score (nSPS) is 14.7. The van der Waals surface area contributed by atoms with Crippen LogP contribution in [0.2, 0.25) is 0 Å². The molecule has 7 nitrogen and oxygen atoms in total. The highest BCUT2D eigenvalue weighted by Crippen LogP contribution is 2.28. The fourth-order valence-electron chi connectivity index (χ4n) is 3.42. The lowest BCUT2D eigenvalue weighted by molar-refractivity contribution is 0.0951. The van der Waals surface area contributed by atoms with E-state index in [4.69, 9.17) is 9.47 Å². The van der Waals surface area contributed by atoms with Gasteiger partial charge in [-0.1, -0.05) is 37.3 Å². The number of ether oxygens (including phenoxy) is 2. The Kier molecular flexibility index (Phi) is 6.74. The number of morpholine rings is 1. The number of rotatable bonds is 7. The number of nitrogens with zero attached hydrogens (tertiary/aromatic N) is 3. The zero-order valence-corrected chi connectivity index (χ0v) is 17.5. The summed E-state index contributed by atoms with van der Waals surface area (Å²) in [7, 11) is 0. The number of carbonyl (C=O) groups excluding carboxylic acids is 1. The molecule has 31 heavy (non-hydrogen) atoms. The number of hydrogen-bond acceptors (Lipinski definition) is 6. The van der Waals surface area contributed by atoms with Gasteiger partial charge in [-0.2, -0.15) is 0 Å². The third kappa shape index (κ3) is 5.38. The van der Waals surface area contributed by atoms with Gasteiger partial charge in [-0.25, -0.2) is 9.97 Å². The smallest absolute Gasteiger partial charge is 0.263 e. The van der Waals surface area contributed by atoms with E-state index >= 15 is 0 Å². The van der Waals surface area contributed by atoms with E-state index in [1.807, 2.05) is 18.2 Å². The van der Waals surface area contributed by atoms with Gasteiger partial charge in [0.2, 0.25) is 0 Å². The SMILES string of the molecule is C[C@H](CNC(=O)c1ccc(Oc2nccnc2N2CCOCC2)cc1)c1ccccc1. The molecule has 1 saturated heterocycles. The van der Waals surface area contributed by atoms with Crippen LogP contribution in [0.25, 0.3) is 0 Å². The van der Waals surface area contributed by atoms with Gasteiger partial charge in [0.15, 0.2) is 5.82 Å². The van der Waals surface area contributed by atoms with Gasteiger partial charge in [-0.3, -0.25) is 4.79 Å². The highest BCUT2D eigenvalue weighted by atomic mass is 16.5. The summed E-state index contributed by atoms with van der Waals surface area (Å²) in [6, 6.07) is 17.2. The maximum absolute atomic E-state index is 12.5. The molecule has 1 aliphatic rings. The Hall–Kier alpha value is -3.45. The molecule has 0 unspecified atom stereocenters. The number of nitrogens with one attached hydrogen (secondary N) is 1. The van der Waals surface area contributed by atoms with Crippen LogP contribution in [0, 0.1) is 0 Å². The monoisotopic (exact) mass is 418 g/mol. The standard InChI is InChI=1S/C24H26N4O3/c1-18(19-5-3-2-4-6-19)17-27-23(29)20-7-9-21(10-8-20)31-24-22(25-11-12-26-24)28-13-15-30-16-14-28/h2-12,18H,13-17H2,1H3,(H,27,29)/t18-/m1/s1. The minimum Gasteiger partial charge on any atom is -0.436 e. The molecule has 1 amide bonds. The van der Waals surface area contributed by atoms with Crippen molar-refractivity contribution in [2.75, 3.05) is 37.7 Å². The van der Waals surface area contributed by atoms with Crippen molar-refractivity contribution in [3.63, 3.8) is 0 Å². The van der Waals surface area contributed by atoms with Crippen LogP contribution < -0.4 is 15.0 Å². The lowest BCUT2D eigenvalue weighted by atomic mass is 10.0. The Balaban J connectivity index is 1.37. The van der Waals surface area contributed by atoms with Crippen molar-refractivity contribution in [3.05, 3.63) is 78.1 Å². The Labute approximate surface area is 182 Å². The second kappa shape index (κ2) is 10.0. The quantitative estimate of drug-likeness (QED) is 0.631. The van der Waals surface area contributed by atoms with E-state index < -0.39 is 0 Å². The molecule has 0 bridgehead atoms. The van der Waals surface area contributed by atoms with E-state index in [2.05, 4.69) is 39.2 Å². The highest BCUT2D eigenvalue weighted by molar-refractivity contribution is 5.94. The second-order valence-corrected chi connectivity index (χ2v) is 7.43. The van der Waals surface area contributed by atoms with Crippen LogP contribution in [0.1, 0.15) is 28.8 Å². The van der Waals surface area contributed by atoms with Crippen molar-refractivity contribution >= 4 is 11.7 Å². The Morgan fingerprint density at radius 3 is 2.52 bits per heavy atom. The Bertz CT molecular complexity index is 989. The molecule has 0 aliphatic carbocycles. The van der Waals surface area contributed by atoms with Crippen molar-refractivity contribution in [3.8, 4) is 11.6 Å². The fourth-order valence-corrected chi connectivity index (χ4v) is 3.42. The van der Waals surface area contributed by atoms with Gasteiger partial charge in [0, 0.05) is 37.6 Å². The average Bonchev–Trinajstić information content (AvgIpc) is 2.84. The molecule has 2 aromatic carbocycles. The van der Waals surface area contributed by atoms with Crippen LogP contribution in [0.4, 0.5) is 5.82 Å². The maximum Gasteiger partial charge on any atom is 0.263 e. The van der Waals surface area contributed by atoms with Gasteiger partial charge in [0.1, 0.15) is 5.75 Å². The zero-order valence-electron chi connectivity index (χ0n) is 17.5. The van der Waals surface area contributed by atoms with Crippen LogP contribution in [0.15, 0.2) is 67.0 Å². The van der Waals surface area contributed by atoms with Gasteiger partial charge >= 0.3 is 0 Å². The summed E-state index contributed by atoms with van der Waals surface area (Å²) in [5, 5.41) is 3.00. The molecule has 0 saturated carbocycles. The highest BCUT2D eigenvalue weighted by Gasteiger charge is 2.18. The molecule has 1 N–H and O–H groups in total. The third-order valence-electron chi connectivity index (χ3n) is 5.23. The van der Waals surface area contributed by atoms with Gasteiger partial charge in [-0.05, 0) is 35.7 Å². The fraction of sp³-hybridized carbons (Fsp3) is 0.292. The van der Waals surface area contributed by atoms with Crippen LogP contribution in [-0.2, 0) is 4.74 Å². The van der Waals surface area contributed by atoms with E-state index in [1.165, 1.54) is 5.56 Å². The van der Waals surface area contributed by atoms with Crippen LogP contribution in [0.3, 0.4) is 0 Å². The Morgan fingerprint density at radius 1 is 1.06 bits per heavy atom. The van der Waals surface area contributed by atoms with Crippen molar-refractivity contribution in [2.45, 2.75) is 12.8 Å². The molecule has 1 fully saturated rings. The van der Waals surface area contributed by atoms with Gasteiger partial charge in [0.05, 0.1) is 13.2 Å². The number of anilines is 1. The molecule has 3 aromatic rings. The first kappa shape index (κ1) is 20.8. The van der Waals surface area contributed by atoms with Crippen molar-refractivity contribution in [1.82, 2.24) is 15.3 Å². The molecular formula is C24H26N4O3. The van der Waals surface area contributed by atoms with Gasteiger partial charge in [-0.15, -0.1) is 0 Å². The number of hydrogen-bond donors (Lipinski definition) is 1. The lowest BCUT2D eigenvalue weighted by Crippen LogP contribution is -2.37. The van der Waals surface area contributed by atoms with Crippen LogP contribution >= 0.6 is 0 Å². The van der Waals surface area contributed by atoms with Crippen molar-refractivity contribution < 1.29 is 14.3 Å². The molecule has 4 rings (SSSR count). The minimum atomic E-state index is -0.108. The first-order valence-corrected chi connectivity index (χ1v) is 10.5. The van der Waals surface area contributed by atoms with Gasteiger partial charge < -0.3 is 19.7 Å². The zero-order chi connectivity index (χ0) is 21.5. The molecule has 1 aromatic heterocycles. The number of aromatic nitrogens is 2. The first-order valence-electron chi connectivity index (χ1n) is 10.5. The third-order valence-corrected chi connectivity index (χ3v) is 5.23. The summed E-state index contributed by atoms with van der Waals surface area (Å²) in [5.74, 6) is 1.87. The summed E-state index contributed by atoms with van der Waals surface area (Å²) in [6.07, 6.45) is 3.26. The molecule has 160 valence electrons. The predicted octanol–water partition coefficient (Wildman–Crippen LogP) is 3.64. The second-order valence-electron chi connectivity index (χ2n) is 7.43. The average molecular weight is 418 g/mol. The Morgan fingerprint density at radius 2 is 1.77 bits per heavy atom. The molecular weight excluding hydrogens is 392 g/mol. The lowest BCUT2D eigenvalue weighted by Gasteiger charge is -2.28. The molecule has 0 radical (unpaired) electrons. The summed E-state index contributed by atoms with van der Waals surface area (Å²) >= 11 is 0. The predicted molar refractivity (Wildman–Crippen MR) is 119 cm³/mol. The maximum atomic E-state index is 12.5. The summed E-state index contributed by atoms with van der Waals surface area (Å²) < 4.78 is 11.4.